The number of rotatable bonds is 8. The van der Waals surface area contributed by atoms with Crippen LogP contribution in [0.15, 0.2) is 146 Å². The number of hydrogen-bond donors (Lipinski definition) is 0. The van der Waals surface area contributed by atoms with Gasteiger partial charge in [-0.15, -0.1) is 0 Å². The smallest absolute Gasteiger partial charge is 0.0464 e. The fourth-order valence-electron chi connectivity index (χ4n) is 5.98. The molecule has 0 fully saturated rings. The Kier molecular flexibility index (Phi) is 8.34. The first-order chi connectivity index (χ1) is 21.4. The molecular formula is C42H40N2. The van der Waals surface area contributed by atoms with Gasteiger partial charge in [-0.05, 0) is 134 Å². The highest BCUT2D eigenvalue weighted by Gasteiger charge is 2.17. The second kappa shape index (κ2) is 12.7. The summed E-state index contributed by atoms with van der Waals surface area (Å²) in [6, 6.07) is 53.0. The molecule has 0 spiro atoms. The predicted molar refractivity (Wildman–Crippen MR) is 189 cm³/mol. The van der Waals surface area contributed by atoms with Crippen molar-refractivity contribution in [2.75, 3.05) is 9.80 Å². The number of hydrogen-bond acceptors (Lipinski definition) is 2. The second-order valence-corrected chi connectivity index (χ2v) is 11.9. The molecule has 6 rings (SSSR count). The van der Waals surface area contributed by atoms with Crippen LogP contribution < -0.4 is 9.80 Å². The summed E-state index contributed by atoms with van der Waals surface area (Å²) in [4.78, 5) is 4.68. The van der Waals surface area contributed by atoms with Crippen LogP contribution in [0, 0.1) is 27.7 Å². The molecule has 218 valence electrons. The van der Waals surface area contributed by atoms with Gasteiger partial charge in [0.25, 0.3) is 0 Å². The van der Waals surface area contributed by atoms with Crippen LogP contribution in [-0.4, -0.2) is 0 Å². The highest BCUT2D eigenvalue weighted by Crippen LogP contribution is 2.38. The van der Waals surface area contributed by atoms with E-state index in [2.05, 4.69) is 190 Å². The van der Waals surface area contributed by atoms with E-state index >= 15 is 0 Å². The fourth-order valence-corrected chi connectivity index (χ4v) is 5.98. The minimum Gasteiger partial charge on any atom is -0.310 e. The lowest BCUT2D eigenvalue weighted by atomic mass is 9.92. The normalized spacial score (nSPS) is 11.0. The first-order valence-electron chi connectivity index (χ1n) is 15.4. The molecule has 0 bridgehead atoms. The molecule has 6 aromatic carbocycles. The Morgan fingerprint density at radius 1 is 0.341 bits per heavy atom. The molecule has 0 atom stereocenters. The van der Waals surface area contributed by atoms with Gasteiger partial charge in [-0.1, -0.05) is 79.7 Å². The maximum Gasteiger partial charge on any atom is 0.0464 e. The van der Waals surface area contributed by atoms with E-state index in [9.17, 15) is 0 Å². The van der Waals surface area contributed by atoms with Crippen molar-refractivity contribution < 1.29 is 0 Å². The predicted octanol–water partition coefficient (Wildman–Crippen LogP) is 12.0. The van der Waals surface area contributed by atoms with Crippen LogP contribution in [0.4, 0.5) is 34.1 Å². The molecule has 0 unspecified atom stereocenters. The molecule has 0 heterocycles. The van der Waals surface area contributed by atoms with Gasteiger partial charge in [0.05, 0.1) is 0 Å². The largest absolute Gasteiger partial charge is 0.310 e. The van der Waals surface area contributed by atoms with E-state index in [4.69, 9.17) is 0 Å². The lowest BCUT2D eigenvalue weighted by molar-refractivity contribution is 0.922. The molecule has 0 aromatic heterocycles. The highest BCUT2D eigenvalue weighted by molar-refractivity contribution is 5.78. The zero-order valence-corrected chi connectivity index (χ0v) is 26.3. The number of nitrogens with zero attached hydrogens (tertiary/aromatic N) is 2. The zero-order valence-electron chi connectivity index (χ0n) is 26.3. The topological polar surface area (TPSA) is 6.48 Å². The van der Waals surface area contributed by atoms with Gasteiger partial charge in [-0.25, -0.2) is 0 Å². The average Bonchev–Trinajstić information content (AvgIpc) is 3.02. The lowest BCUT2D eigenvalue weighted by Gasteiger charge is -2.27. The number of anilines is 6. The maximum atomic E-state index is 2.34. The Morgan fingerprint density at radius 3 is 0.864 bits per heavy atom. The standard InChI is InChI=1S/C42H40N2/c1-30-10-6-14-39(26-30)43(40-15-7-11-31(2)27-40)37-22-18-35(19-23-37)34(5)36-20-24-38(25-21-36)44(41-16-8-12-32(3)28-41)42-17-9-13-33(4)29-42/h6-29,34H,1-5H3. The van der Waals surface area contributed by atoms with E-state index in [1.807, 2.05) is 0 Å². The molecule has 2 nitrogen and oxygen atoms in total. The third-order valence-corrected chi connectivity index (χ3v) is 8.34. The molecule has 0 saturated carbocycles. The van der Waals surface area contributed by atoms with Crippen molar-refractivity contribution in [1.82, 2.24) is 0 Å². The molecule has 44 heavy (non-hydrogen) atoms. The second-order valence-electron chi connectivity index (χ2n) is 11.9. The SMILES string of the molecule is Cc1cccc(N(c2ccc(C(C)c3ccc(N(c4cccc(C)c4)c4cccc(C)c4)cc3)cc2)c2cccc(C)c2)c1. The van der Waals surface area contributed by atoms with Gasteiger partial charge in [0.15, 0.2) is 0 Å². The summed E-state index contributed by atoms with van der Waals surface area (Å²) in [5.41, 5.74) is 14.5. The van der Waals surface area contributed by atoms with Crippen molar-refractivity contribution in [2.24, 2.45) is 0 Å². The van der Waals surface area contributed by atoms with E-state index in [-0.39, 0.29) is 5.92 Å². The van der Waals surface area contributed by atoms with Crippen molar-refractivity contribution >= 4 is 34.1 Å². The van der Waals surface area contributed by atoms with Crippen LogP contribution >= 0.6 is 0 Å². The number of benzene rings is 6. The summed E-state index contributed by atoms with van der Waals surface area (Å²) < 4.78 is 0. The van der Waals surface area contributed by atoms with Crippen molar-refractivity contribution in [3.8, 4) is 0 Å². The molecule has 0 amide bonds. The molecule has 2 heteroatoms. The molecule has 0 N–H and O–H groups in total. The van der Waals surface area contributed by atoms with Crippen LogP contribution in [0.1, 0.15) is 46.2 Å². The Morgan fingerprint density at radius 2 is 0.614 bits per heavy atom. The average molecular weight is 573 g/mol. The third-order valence-electron chi connectivity index (χ3n) is 8.34. The van der Waals surface area contributed by atoms with Gasteiger partial charge in [-0.2, -0.15) is 0 Å². The van der Waals surface area contributed by atoms with Crippen molar-refractivity contribution in [2.45, 2.75) is 40.5 Å². The van der Waals surface area contributed by atoms with E-state index in [0.717, 1.165) is 11.4 Å². The van der Waals surface area contributed by atoms with Gasteiger partial charge in [0.1, 0.15) is 0 Å². The van der Waals surface area contributed by atoms with Gasteiger partial charge in [-0.3, -0.25) is 0 Å². The summed E-state index contributed by atoms with van der Waals surface area (Å²) in [6.07, 6.45) is 0. The molecule has 6 aromatic rings. The fraction of sp³-hybridized carbons (Fsp3) is 0.143. The lowest BCUT2D eigenvalue weighted by Crippen LogP contribution is -2.11. The molecule has 0 aliphatic rings. The number of aryl methyl sites for hydroxylation is 4. The minimum absolute atomic E-state index is 0.260. The van der Waals surface area contributed by atoms with Crippen molar-refractivity contribution in [3.63, 3.8) is 0 Å². The Labute approximate surface area is 262 Å². The van der Waals surface area contributed by atoms with Crippen LogP contribution in [0.2, 0.25) is 0 Å². The van der Waals surface area contributed by atoms with Crippen molar-refractivity contribution in [1.29, 1.82) is 0 Å². The van der Waals surface area contributed by atoms with E-state index < -0.39 is 0 Å². The third kappa shape index (κ3) is 6.31. The van der Waals surface area contributed by atoms with E-state index in [1.165, 1.54) is 56.1 Å². The first-order valence-corrected chi connectivity index (χ1v) is 15.4. The van der Waals surface area contributed by atoms with Gasteiger partial charge >= 0.3 is 0 Å². The highest BCUT2D eigenvalue weighted by atomic mass is 15.1. The monoisotopic (exact) mass is 572 g/mol. The van der Waals surface area contributed by atoms with Gasteiger partial charge in [0.2, 0.25) is 0 Å². The molecule has 0 radical (unpaired) electrons. The van der Waals surface area contributed by atoms with Crippen LogP contribution in [0.25, 0.3) is 0 Å². The van der Waals surface area contributed by atoms with E-state index in [1.54, 1.807) is 0 Å². The quantitative estimate of drug-likeness (QED) is 0.179. The summed E-state index contributed by atoms with van der Waals surface area (Å²) in [6.45, 7) is 10.9. The van der Waals surface area contributed by atoms with Crippen molar-refractivity contribution in [3.05, 3.63) is 179 Å². The Bertz CT molecular complexity index is 1640. The van der Waals surface area contributed by atoms with E-state index in [0.29, 0.717) is 0 Å². The van der Waals surface area contributed by atoms with Crippen LogP contribution in [0.3, 0.4) is 0 Å². The molecule has 0 saturated heterocycles. The van der Waals surface area contributed by atoms with Gasteiger partial charge < -0.3 is 9.80 Å². The first kappa shape index (κ1) is 29.0. The van der Waals surface area contributed by atoms with Crippen LogP contribution in [-0.2, 0) is 0 Å². The Balaban J connectivity index is 1.29. The minimum atomic E-state index is 0.260. The summed E-state index contributed by atoms with van der Waals surface area (Å²) in [5.74, 6) is 0.260. The summed E-state index contributed by atoms with van der Waals surface area (Å²) >= 11 is 0. The summed E-state index contributed by atoms with van der Waals surface area (Å²) in [5, 5.41) is 0. The molecular weight excluding hydrogens is 532 g/mol. The molecule has 0 aliphatic carbocycles. The van der Waals surface area contributed by atoms with Crippen LogP contribution in [0.5, 0.6) is 0 Å². The van der Waals surface area contributed by atoms with Gasteiger partial charge in [0, 0.05) is 40.0 Å². The summed E-state index contributed by atoms with van der Waals surface area (Å²) in [7, 11) is 0. The Hall–Kier alpha value is -5.08. The zero-order chi connectivity index (χ0) is 30.6. The maximum absolute atomic E-state index is 2.34. The molecule has 0 aliphatic heterocycles.